The number of carbonyl (C=O) groups excluding carboxylic acids is 1. The first-order valence-electron chi connectivity index (χ1n) is 9.73. The van der Waals surface area contributed by atoms with Crippen LogP contribution in [0.2, 0.25) is 0 Å². The molecule has 5 nitrogen and oxygen atoms in total. The van der Waals surface area contributed by atoms with Crippen LogP contribution < -0.4 is 10.0 Å². The minimum absolute atomic E-state index is 0.142. The minimum atomic E-state index is -3.68. The lowest BCUT2D eigenvalue weighted by atomic mass is 9.99. The number of carbonyl (C=O) groups is 1. The fraction of sp³-hybridized carbons (Fsp3) is 0.208. The number of anilines is 1. The van der Waals surface area contributed by atoms with Crippen LogP contribution in [0.25, 0.3) is 0 Å². The Morgan fingerprint density at radius 1 is 0.833 bits per heavy atom. The van der Waals surface area contributed by atoms with Gasteiger partial charge in [-0.05, 0) is 75.2 Å². The molecule has 0 bridgehead atoms. The van der Waals surface area contributed by atoms with Gasteiger partial charge < -0.3 is 5.32 Å². The Labute approximate surface area is 178 Å². The van der Waals surface area contributed by atoms with Gasteiger partial charge in [-0.15, -0.1) is 0 Å². The fourth-order valence-electron chi connectivity index (χ4n) is 3.21. The van der Waals surface area contributed by atoms with Crippen molar-refractivity contribution in [1.29, 1.82) is 0 Å². The van der Waals surface area contributed by atoms with E-state index in [1.807, 2.05) is 39.8 Å². The molecule has 0 radical (unpaired) electrons. The minimum Gasteiger partial charge on any atom is -0.346 e. The van der Waals surface area contributed by atoms with Gasteiger partial charge in [0.25, 0.3) is 15.9 Å². The Bertz CT molecular complexity index is 1150. The van der Waals surface area contributed by atoms with Crippen molar-refractivity contribution < 1.29 is 13.2 Å². The summed E-state index contributed by atoms with van der Waals surface area (Å²) in [6.07, 6.45) is 0. The van der Waals surface area contributed by atoms with Gasteiger partial charge in [0.15, 0.2) is 0 Å². The molecule has 0 aromatic heterocycles. The fourth-order valence-corrected chi connectivity index (χ4v) is 4.26. The van der Waals surface area contributed by atoms with Crippen molar-refractivity contribution in [2.75, 3.05) is 4.72 Å². The van der Waals surface area contributed by atoms with Gasteiger partial charge in [-0.1, -0.05) is 41.5 Å². The molecule has 0 saturated heterocycles. The average molecular weight is 423 g/mol. The quantitative estimate of drug-likeness (QED) is 0.593. The highest BCUT2D eigenvalue weighted by atomic mass is 32.2. The van der Waals surface area contributed by atoms with Crippen LogP contribution in [0.5, 0.6) is 0 Å². The van der Waals surface area contributed by atoms with Gasteiger partial charge in [0, 0.05) is 11.3 Å². The van der Waals surface area contributed by atoms with Crippen LogP contribution in [-0.2, 0) is 10.0 Å². The molecule has 2 N–H and O–H groups in total. The van der Waals surface area contributed by atoms with Gasteiger partial charge in [0.1, 0.15) is 0 Å². The molecule has 3 aromatic carbocycles. The number of amides is 1. The van der Waals surface area contributed by atoms with E-state index in [0.717, 1.165) is 22.3 Å². The van der Waals surface area contributed by atoms with Crippen LogP contribution in [0.3, 0.4) is 0 Å². The molecule has 0 aliphatic rings. The number of aryl methyl sites for hydroxylation is 3. The number of sulfonamides is 1. The summed E-state index contributed by atoms with van der Waals surface area (Å²) in [5.74, 6) is -0.212. The van der Waals surface area contributed by atoms with Gasteiger partial charge >= 0.3 is 0 Å². The largest absolute Gasteiger partial charge is 0.346 e. The molecule has 0 unspecified atom stereocenters. The van der Waals surface area contributed by atoms with Crippen LogP contribution >= 0.6 is 0 Å². The third-order valence-electron chi connectivity index (χ3n) is 4.98. The molecule has 30 heavy (non-hydrogen) atoms. The second-order valence-corrected chi connectivity index (χ2v) is 9.23. The van der Waals surface area contributed by atoms with Gasteiger partial charge in [0.05, 0.1) is 10.9 Å². The monoisotopic (exact) mass is 422 g/mol. The van der Waals surface area contributed by atoms with Crippen molar-refractivity contribution in [2.45, 2.75) is 38.6 Å². The molecule has 3 rings (SSSR count). The lowest BCUT2D eigenvalue weighted by Gasteiger charge is -2.17. The van der Waals surface area contributed by atoms with Crippen LogP contribution in [0.4, 0.5) is 5.69 Å². The maximum absolute atomic E-state index is 12.6. The Morgan fingerprint density at radius 3 is 2.07 bits per heavy atom. The summed E-state index contributed by atoms with van der Waals surface area (Å²) < 4.78 is 27.5. The summed E-state index contributed by atoms with van der Waals surface area (Å²) in [6.45, 7) is 7.89. The van der Waals surface area contributed by atoms with Gasteiger partial charge in [-0.25, -0.2) is 8.42 Å². The second-order valence-electron chi connectivity index (χ2n) is 7.55. The zero-order valence-corrected chi connectivity index (χ0v) is 18.4. The number of benzene rings is 3. The number of hydrogen-bond acceptors (Lipinski definition) is 3. The van der Waals surface area contributed by atoms with Crippen LogP contribution in [0.15, 0.2) is 71.6 Å². The summed E-state index contributed by atoms with van der Waals surface area (Å²) in [4.78, 5) is 12.8. The molecular weight excluding hydrogens is 396 g/mol. The molecular formula is C24H26N2O3S. The Balaban J connectivity index is 1.69. The maximum Gasteiger partial charge on any atom is 0.261 e. The van der Waals surface area contributed by atoms with Crippen molar-refractivity contribution in [2.24, 2.45) is 0 Å². The third-order valence-corrected chi connectivity index (χ3v) is 6.38. The van der Waals surface area contributed by atoms with E-state index in [0.29, 0.717) is 11.3 Å². The molecule has 1 amide bonds. The summed E-state index contributed by atoms with van der Waals surface area (Å²) >= 11 is 0. The van der Waals surface area contributed by atoms with Crippen molar-refractivity contribution >= 4 is 21.6 Å². The van der Waals surface area contributed by atoms with Crippen molar-refractivity contribution in [3.63, 3.8) is 0 Å². The van der Waals surface area contributed by atoms with Gasteiger partial charge in [-0.3, -0.25) is 9.52 Å². The lowest BCUT2D eigenvalue weighted by molar-refractivity contribution is 0.0940. The van der Waals surface area contributed by atoms with E-state index in [-0.39, 0.29) is 16.8 Å². The van der Waals surface area contributed by atoms with E-state index in [9.17, 15) is 13.2 Å². The van der Waals surface area contributed by atoms with E-state index < -0.39 is 10.0 Å². The van der Waals surface area contributed by atoms with Crippen LogP contribution in [0.1, 0.15) is 45.6 Å². The van der Waals surface area contributed by atoms with Gasteiger partial charge in [-0.2, -0.15) is 0 Å². The SMILES string of the molecule is Cc1ccc(S(=O)(=O)Nc2ccc(C(=O)N[C@H](C)c3cc(C)ccc3C)cc2)cc1. The molecule has 3 aromatic rings. The molecule has 0 fully saturated rings. The standard InChI is InChI=1S/C24H26N2O3S/c1-16-6-13-22(14-7-16)30(28,29)26-21-11-9-20(10-12-21)24(27)25-19(4)23-15-17(2)5-8-18(23)3/h5-15,19,26H,1-4H3,(H,25,27)/t19-/m1/s1. The highest BCUT2D eigenvalue weighted by molar-refractivity contribution is 7.92. The summed E-state index contributed by atoms with van der Waals surface area (Å²) in [6, 6.07) is 19.0. The number of nitrogens with one attached hydrogen (secondary N) is 2. The van der Waals surface area contributed by atoms with Gasteiger partial charge in [0.2, 0.25) is 0 Å². The summed E-state index contributed by atoms with van der Waals surface area (Å²) in [5, 5.41) is 3.00. The molecule has 156 valence electrons. The predicted molar refractivity (Wildman–Crippen MR) is 120 cm³/mol. The maximum atomic E-state index is 12.6. The van der Waals surface area contributed by atoms with Crippen LogP contribution in [0, 0.1) is 20.8 Å². The molecule has 0 aliphatic carbocycles. The summed E-state index contributed by atoms with van der Waals surface area (Å²) in [5.41, 5.74) is 5.18. The van der Waals surface area contributed by atoms with Crippen molar-refractivity contribution in [3.8, 4) is 0 Å². The molecule has 0 spiro atoms. The van der Waals surface area contributed by atoms with E-state index in [1.165, 1.54) is 0 Å². The van der Waals surface area contributed by atoms with E-state index in [4.69, 9.17) is 0 Å². The molecule has 1 atom stereocenters. The van der Waals surface area contributed by atoms with E-state index in [1.54, 1.807) is 48.5 Å². The first-order chi connectivity index (χ1) is 14.2. The van der Waals surface area contributed by atoms with E-state index >= 15 is 0 Å². The Kier molecular flexibility index (Phi) is 6.27. The average Bonchev–Trinajstić information content (AvgIpc) is 2.70. The molecule has 0 saturated carbocycles. The Morgan fingerprint density at radius 2 is 1.43 bits per heavy atom. The normalized spacial score (nSPS) is 12.3. The summed E-state index contributed by atoms with van der Waals surface area (Å²) in [7, 11) is -3.68. The lowest BCUT2D eigenvalue weighted by Crippen LogP contribution is -2.27. The highest BCUT2D eigenvalue weighted by Crippen LogP contribution is 2.21. The first-order valence-corrected chi connectivity index (χ1v) is 11.2. The number of rotatable bonds is 6. The predicted octanol–water partition coefficient (Wildman–Crippen LogP) is 4.90. The molecule has 0 heterocycles. The molecule has 6 heteroatoms. The highest BCUT2D eigenvalue weighted by Gasteiger charge is 2.16. The third kappa shape index (κ3) is 5.07. The van der Waals surface area contributed by atoms with Crippen molar-refractivity contribution in [3.05, 3.63) is 94.5 Å². The van der Waals surface area contributed by atoms with E-state index in [2.05, 4.69) is 16.1 Å². The zero-order chi connectivity index (χ0) is 21.9. The Hall–Kier alpha value is -3.12. The smallest absolute Gasteiger partial charge is 0.261 e. The first kappa shape index (κ1) is 21.6. The van der Waals surface area contributed by atoms with Crippen LogP contribution in [-0.4, -0.2) is 14.3 Å². The van der Waals surface area contributed by atoms with Crippen molar-refractivity contribution in [1.82, 2.24) is 5.32 Å². The topological polar surface area (TPSA) is 75.3 Å². The zero-order valence-electron chi connectivity index (χ0n) is 17.6. The molecule has 0 aliphatic heterocycles. The second kappa shape index (κ2) is 8.71. The number of hydrogen-bond donors (Lipinski definition) is 2.